The van der Waals surface area contributed by atoms with E-state index >= 15 is 0 Å². The first-order chi connectivity index (χ1) is 7.78. The molecule has 102 valence electrons. The van der Waals surface area contributed by atoms with E-state index in [1.54, 1.807) is 6.92 Å². The summed E-state index contributed by atoms with van der Waals surface area (Å²) >= 11 is 0. The molecule has 0 rings (SSSR count). The van der Waals surface area contributed by atoms with Crippen molar-refractivity contribution in [2.24, 2.45) is 11.7 Å². The number of hydrogen-bond acceptors (Lipinski definition) is 4. The smallest absolute Gasteiger partial charge is 0.150 e. The van der Waals surface area contributed by atoms with Gasteiger partial charge >= 0.3 is 0 Å². The highest BCUT2D eigenvalue weighted by Gasteiger charge is 2.16. The number of hydrogen-bond donors (Lipinski definition) is 1. The van der Waals surface area contributed by atoms with Gasteiger partial charge in [-0.1, -0.05) is 20.3 Å². The molecule has 0 aliphatic carbocycles. The molecular weight excluding hydrogens is 238 g/mol. The van der Waals surface area contributed by atoms with E-state index in [4.69, 9.17) is 5.73 Å². The lowest BCUT2D eigenvalue weighted by molar-refractivity contribution is -0.122. The largest absolute Gasteiger partial charge is 0.328 e. The number of carbonyl (C=O) groups excluding carboxylic acids is 1. The highest BCUT2D eigenvalue weighted by molar-refractivity contribution is 7.91. The number of rotatable bonds is 9. The Morgan fingerprint density at radius 3 is 2.29 bits per heavy atom. The molecule has 0 saturated heterocycles. The molecule has 0 aromatic rings. The molecule has 5 heteroatoms. The molecule has 4 nitrogen and oxygen atoms in total. The molecule has 0 aromatic heterocycles. The zero-order chi connectivity index (χ0) is 13.5. The van der Waals surface area contributed by atoms with E-state index in [1.807, 2.05) is 13.8 Å². The van der Waals surface area contributed by atoms with E-state index in [2.05, 4.69) is 0 Å². The van der Waals surface area contributed by atoms with Crippen molar-refractivity contribution in [3.05, 3.63) is 0 Å². The molecule has 0 aliphatic rings. The third-order valence-corrected chi connectivity index (χ3v) is 4.65. The van der Waals surface area contributed by atoms with E-state index in [1.165, 1.54) is 0 Å². The molecule has 2 atom stereocenters. The predicted molar refractivity (Wildman–Crippen MR) is 70.6 cm³/mol. The van der Waals surface area contributed by atoms with Crippen LogP contribution in [0, 0.1) is 5.92 Å². The SMILES string of the molecule is CCS(=O)(=O)CCC(=O)C(C)CCCC(C)N. The normalized spacial score (nSPS) is 15.5. The lowest BCUT2D eigenvalue weighted by Crippen LogP contribution is -2.19. The lowest BCUT2D eigenvalue weighted by atomic mass is 9.97. The maximum absolute atomic E-state index is 11.7. The average molecular weight is 263 g/mol. The van der Waals surface area contributed by atoms with Gasteiger partial charge in [0.05, 0.1) is 5.75 Å². The molecule has 2 N–H and O–H groups in total. The zero-order valence-corrected chi connectivity index (χ0v) is 11.9. The number of Topliss-reactive ketones (excluding diaryl/α,β-unsaturated/α-hetero) is 1. The van der Waals surface area contributed by atoms with Crippen LogP contribution in [-0.4, -0.2) is 31.7 Å². The molecule has 0 aromatic carbocycles. The number of ketones is 1. The summed E-state index contributed by atoms with van der Waals surface area (Å²) in [7, 11) is -3.02. The second kappa shape index (κ2) is 7.82. The van der Waals surface area contributed by atoms with E-state index in [-0.39, 0.29) is 35.7 Å². The minimum atomic E-state index is -3.02. The van der Waals surface area contributed by atoms with Crippen LogP contribution in [0.25, 0.3) is 0 Å². The molecule has 17 heavy (non-hydrogen) atoms. The van der Waals surface area contributed by atoms with Crippen LogP contribution < -0.4 is 5.73 Å². The maximum atomic E-state index is 11.7. The van der Waals surface area contributed by atoms with Crippen LogP contribution in [0.3, 0.4) is 0 Å². The standard InChI is InChI=1S/C12H25NO3S/c1-4-17(15,16)9-8-12(14)10(2)6-5-7-11(3)13/h10-11H,4-9,13H2,1-3H3. The van der Waals surface area contributed by atoms with Crippen LogP contribution in [-0.2, 0) is 14.6 Å². The van der Waals surface area contributed by atoms with Crippen molar-refractivity contribution in [2.75, 3.05) is 11.5 Å². The van der Waals surface area contributed by atoms with Gasteiger partial charge in [0.2, 0.25) is 0 Å². The summed E-state index contributed by atoms with van der Waals surface area (Å²) in [6.07, 6.45) is 2.78. The van der Waals surface area contributed by atoms with Gasteiger partial charge in [-0.05, 0) is 19.8 Å². The minimum absolute atomic E-state index is 0.0139. The molecule has 0 saturated carbocycles. The zero-order valence-electron chi connectivity index (χ0n) is 11.1. The Kier molecular flexibility index (Phi) is 7.63. The van der Waals surface area contributed by atoms with Gasteiger partial charge in [-0.3, -0.25) is 4.79 Å². The summed E-state index contributed by atoms with van der Waals surface area (Å²) in [5.41, 5.74) is 5.62. The Balaban J connectivity index is 3.90. The van der Waals surface area contributed by atoms with Crippen molar-refractivity contribution in [2.45, 2.75) is 52.5 Å². The quantitative estimate of drug-likeness (QED) is 0.684. The van der Waals surface area contributed by atoms with Gasteiger partial charge in [0.1, 0.15) is 15.6 Å². The summed E-state index contributed by atoms with van der Waals surface area (Å²) in [4.78, 5) is 11.7. The fraction of sp³-hybridized carbons (Fsp3) is 0.917. The number of sulfone groups is 1. The van der Waals surface area contributed by atoms with Gasteiger partial charge in [-0.15, -0.1) is 0 Å². The minimum Gasteiger partial charge on any atom is -0.328 e. The topological polar surface area (TPSA) is 77.2 Å². The van der Waals surface area contributed by atoms with E-state index in [9.17, 15) is 13.2 Å². The van der Waals surface area contributed by atoms with Crippen LogP contribution in [0.2, 0.25) is 0 Å². The van der Waals surface area contributed by atoms with Crippen molar-refractivity contribution in [3.8, 4) is 0 Å². The summed E-state index contributed by atoms with van der Waals surface area (Å²) in [6, 6.07) is 0.165. The van der Waals surface area contributed by atoms with Crippen LogP contribution in [0.1, 0.15) is 46.5 Å². The Hall–Kier alpha value is -0.420. The van der Waals surface area contributed by atoms with Crippen molar-refractivity contribution in [3.63, 3.8) is 0 Å². The third kappa shape index (κ3) is 8.32. The highest BCUT2D eigenvalue weighted by Crippen LogP contribution is 2.12. The Labute approximate surface area is 105 Å². The first-order valence-corrected chi connectivity index (χ1v) is 8.09. The third-order valence-electron chi connectivity index (χ3n) is 2.95. The van der Waals surface area contributed by atoms with E-state index in [0.717, 1.165) is 19.3 Å². The molecule has 0 bridgehead atoms. The Morgan fingerprint density at radius 2 is 1.82 bits per heavy atom. The summed E-state index contributed by atoms with van der Waals surface area (Å²) < 4.78 is 22.5. The lowest BCUT2D eigenvalue weighted by Gasteiger charge is -2.11. The van der Waals surface area contributed by atoms with Crippen LogP contribution in [0.5, 0.6) is 0 Å². The summed E-state index contributed by atoms with van der Waals surface area (Å²) in [6.45, 7) is 5.41. The molecule has 0 amide bonds. The number of carbonyl (C=O) groups is 1. The van der Waals surface area contributed by atoms with Crippen LogP contribution in [0.4, 0.5) is 0 Å². The molecule has 2 unspecified atom stereocenters. The van der Waals surface area contributed by atoms with Crippen molar-refractivity contribution in [1.29, 1.82) is 0 Å². The average Bonchev–Trinajstić information content (AvgIpc) is 2.25. The van der Waals surface area contributed by atoms with Crippen LogP contribution in [0.15, 0.2) is 0 Å². The van der Waals surface area contributed by atoms with Crippen molar-refractivity contribution >= 4 is 15.6 Å². The summed E-state index contributed by atoms with van der Waals surface area (Å²) in [5.74, 6) is 0.0896. The Morgan fingerprint density at radius 1 is 1.24 bits per heavy atom. The second-order valence-electron chi connectivity index (χ2n) is 4.76. The second-order valence-corrected chi connectivity index (χ2v) is 7.23. The van der Waals surface area contributed by atoms with Crippen molar-refractivity contribution < 1.29 is 13.2 Å². The molecule has 0 fully saturated rings. The van der Waals surface area contributed by atoms with Gasteiger partial charge in [0.15, 0.2) is 0 Å². The molecule has 0 spiro atoms. The molecule has 0 aliphatic heterocycles. The first-order valence-electron chi connectivity index (χ1n) is 6.27. The predicted octanol–water partition coefficient (Wildman–Crippen LogP) is 1.53. The molecule has 0 radical (unpaired) electrons. The van der Waals surface area contributed by atoms with E-state index < -0.39 is 9.84 Å². The Bertz CT molecular complexity index is 323. The monoisotopic (exact) mass is 263 g/mol. The van der Waals surface area contributed by atoms with Gasteiger partial charge < -0.3 is 5.73 Å². The molecule has 0 heterocycles. The maximum Gasteiger partial charge on any atom is 0.150 e. The van der Waals surface area contributed by atoms with Gasteiger partial charge in [-0.2, -0.15) is 0 Å². The highest BCUT2D eigenvalue weighted by atomic mass is 32.2. The fourth-order valence-corrected chi connectivity index (χ4v) is 2.35. The van der Waals surface area contributed by atoms with Crippen molar-refractivity contribution in [1.82, 2.24) is 0 Å². The summed E-state index contributed by atoms with van der Waals surface area (Å²) in [5, 5.41) is 0. The van der Waals surface area contributed by atoms with Crippen LogP contribution >= 0.6 is 0 Å². The molecular formula is C12H25NO3S. The van der Waals surface area contributed by atoms with E-state index in [0.29, 0.717) is 0 Å². The first kappa shape index (κ1) is 16.6. The van der Waals surface area contributed by atoms with Gasteiger partial charge in [0.25, 0.3) is 0 Å². The van der Waals surface area contributed by atoms with Gasteiger partial charge in [-0.25, -0.2) is 8.42 Å². The fourth-order valence-electron chi connectivity index (χ4n) is 1.55. The number of nitrogens with two attached hydrogens (primary N) is 1. The van der Waals surface area contributed by atoms with Gasteiger partial charge in [0, 0.05) is 24.1 Å².